The Labute approximate surface area is 156 Å². The van der Waals surface area contributed by atoms with Crippen LogP contribution in [0.5, 0.6) is 0 Å². The molecule has 0 aliphatic carbocycles. The number of amides is 1. The molecular formula is C20H17ClN4O. The fraction of sp³-hybridized carbons (Fsp3) is 0.150. The van der Waals surface area contributed by atoms with E-state index in [4.69, 9.17) is 11.6 Å². The molecule has 1 amide bonds. The van der Waals surface area contributed by atoms with Gasteiger partial charge in [-0.2, -0.15) is 0 Å². The van der Waals surface area contributed by atoms with Crippen molar-refractivity contribution in [1.82, 2.24) is 9.97 Å². The van der Waals surface area contributed by atoms with Crippen LogP contribution in [0.25, 0.3) is 0 Å². The first-order valence-electron chi connectivity index (χ1n) is 8.38. The van der Waals surface area contributed by atoms with Crippen molar-refractivity contribution in [3.8, 4) is 0 Å². The molecular weight excluding hydrogens is 348 g/mol. The Morgan fingerprint density at radius 3 is 2.77 bits per heavy atom. The van der Waals surface area contributed by atoms with Crippen LogP contribution in [0, 0.1) is 0 Å². The minimum Gasteiger partial charge on any atom is -0.322 e. The molecule has 1 aliphatic heterocycles. The maximum Gasteiger partial charge on any atom is 0.275 e. The number of para-hydroxylation sites is 1. The standard InChI is InChI=1S/C20H17ClN4O/c1-13-9-14-5-2-3-8-18(14)25(13)19-12-22-17(11-23-19)20(26)24-16-7-4-6-15(21)10-16/h2-8,10-13H,9H2,1H3,(H,24,26). The molecule has 0 fully saturated rings. The number of aromatic nitrogens is 2. The van der Waals surface area contributed by atoms with Gasteiger partial charge in [0.05, 0.1) is 12.4 Å². The van der Waals surface area contributed by atoms with Crippen molar-refractivity contribution < 1.29 is 4.79 Å². The molecule has 0 saturated heterocycles. The first-order valence-corrected chi connectivity index (χ1v) is 8.76. The SMILES string of the molecule is CC1Cc2ccccc2N1c1cnc(C(=O)Nc2cccc(Cl)c2)cn1. The van der Waals surface area contributed by atoms with Gasteiger partial charge in [0.15, 0.2) is 5.82 Å². The molecule has 1 atom stereocenters. The van der Waals surface area contributed by atoms with Gasteiger partial charge >= 0.3 is 0 Å². The summed E-state index contributed by atoms with van der Waals surface area (Å²) < 4.78 is 0. The lowest BCUT2D eigenvalue weighted by atomic mass is 10.1. The van der Waals surface area contributed by atoms with E-state index >= 15 is 0 Å². The third kappa shape index (κ3) is 3.13. The number of rotatable bonds is 3. The second-order valence-electron chi connectivity index (χ2n) is 6.28. The second-order valence-corrected chi connectivity index (χ2v) is 6.71. The summed E-state index contributed by atoms with van der Waals surface area (Å²) in [5.41, 5.74) is 3.32. The zero-order valence-electron chi connectivity index (χ0n) is 14.2. The van der Waals surface area contributed by atoms with E-state index in [1.165, 1.54) is 11.8 Å². The van der Waals surface area contributed by atoms with Gasteiger partial charge < -0.3 is 10.2 Å². The van der Waals surface area contributed by atoms with E-state index in [0.29, 0.717) is 16.8 Å². The topological polar surface area (TPSA) is 58.1 Å². The van der Waals surface area contributed by atoms with E-state index in [2.05, 4.69) is 39.2 Å². The van der Waals surface area contributed by atoms with Crippen molar-refractivity contribution in [3.05, 3.63) is 77.2 Å². The highest BCUT2D eigenvalue weighted by atomic mass is 35.5. The fourth-order valence-corrected chi connectivity index (χ4v) is 3.43. The van der Waals surface area contributed by atoms with Gasteiger partial charge in [-0.05, 0) is 43.2 Å². The zero-order chi connectivity index (χ0) is 18.1. The summed E-state index contributed by atoms with van der Waals surface area (Å²) >= 11 is 5.94. The summed E-state index contributed by atoms with van der Waals surface area (Å²) in [5, 5.41) is 3.33. The quantitative estimate of drug-likeness (QED) is 0.745. The van der Waals surface area contributed by atoms with Crippen molar-refractivity contribution in [2.45, 2.75) is 19.4 Å². The van der Waals surface area contributed by atoms with Crippen LogP contribution in [0.15, 0.2) is 60.9 Å². The van der Waals surface area contributed by atoms with E-state index in [1.54, 1.807) is 30.5 Å². The highest BCUT2D eigenvalue weighted by Gasteiger charge is 2.27. The van der Waals surface area contributed by atoms with Crippen molar-refractivity contribution in [1.29, 1.82) is 0 Å². The van der Waals surface area contributed by atoms with E-state index in [1.807, 2.05) is 12.1 Å². The summed E-state index contributed by atoms with van der Waals surface area (Å²) in [6.45, 7) is 2.15. The largest absolute Gasteiger partial charge is 0.322 e. The third-order valence-electron chi connectivity index (χ3n) is 4.41. The molecule has 0 bridgehead atoms. The molecule has 26 heavy (non-hydrogen) atoms. The molecule has 0 spiro atoms. The zero-order valence-corrected chi connectivity index (χ0v) is 14.9. The summed E-state index contributed by atoms with van der Waals surface area (Å²) in [6, 6.07) is 15.6. The maximum atomic E-state index is 12.4. The van der Waals surface area contributed by atoms with Crippen LogP contribution < -0.4 is 10.2 Å². The molecule has 6 heteroatoms. The van der Waals surface area contributed by atoms with E-state index in [-0.39, 0.29) is 11.6 Å². The average molecular weight is 365 g/mol. The van der Waals surface area contributed by atoms with E-state index in [9.17, 15) is 4.79 Å². The molecule has 2 aromatic carbocycles. The van der Waals surface area contributed by atoms with Gasteiger partial charge in [0.25, 0.3) is 5.91 Å². The number of carbonyl (C=O) groups excluding carboxylic acids is 1. The summed E-state index contributed by atoms with van der Waals surface area (Å²) in [6.07, 6.45) is 4.11. The highest BCUT2D eigenvalue weighted by molar-refractivity contribution is 6.30. The van der Waals surface area contributed by atoms with Crippen LogP contribution in [0.3, 0.4) is 0 Å². The highest BCUT2D eigenvalue weighted by Crippen LogP contribution is 2.36. The predicted molar refractivity (Wildman–Crippen MR) is 103 cm³/mol. The summed E-state index contributed by atoms with van der Waals surface area (Å²) in [4.78, 5) is 23.3. The Kier molecular flexibility index (Phi) is 4.31. The monoisotopic (exact) mass is 364 g/mol. The number of nitrogens with one attached hydrogen (secondary N) is 1. The van der Waals surface area contributed by atoms with Gasteiger partial charge in [0.2, 0.25) is 0 Å². The molecule has 5 nitrogen and oxygen atoms in total. The molecule has 1 N–H and O–H groups in total. The van der Waals surface area contributed by atoms with Crippen LogP contribution in [0.1, 0.15) is 23.0 Å². The number of benzene rings is 2. The molecule has 1 aliphatic rings. The smallest absolute Gasteiger partial charge is 0.275 e. The van der Waals surface area contributed by atoms with Crippen LogP contribution >= 0.6 is 11.6 Å². The number of fused-ring (bicyclic) bond motifs is 1. The number of nitrogens with zero attached hydrogens (tertiary/aromatic N) is 3. The lowest BCUT2D eigenvalue weighted by Crippen LogP contribution is -2.25. The first-order chi connectivity index (χ1) is 12.6. The minimum absolute atomic E-state index is 0.258. The number of halogens is 1. The molecule has 1 aromatic heterocycles. The van der Waals surface area contributed by atoms with Gasteiger partial charge in [0.1, 0.15) is 5.69 Å². The molecule has 3 aromatic rings. The van der Waals surface area contributed by atoms with Crippen molar-refractivity contribution in [2.24, 2.45) is 0 Å². The molecule has 130 valence electrons. The van der Waals surface area contributed by atoms with Crippen LogP contribution in [0.4, 0.5) is 17.2 Å². The molecule has 0 radical (unpaired) electrons. The lowest BCUT2D eigenvalue weighted by Gasteiger charge is -2.23. The van der Waals surface area contributed by atoms with Crippen LogP contribution in [0.2, 0.25) is 5.02 Å². The Hall–Kier alpha value is -2.92. The van der Waals surface area contributed by atoms with Crippen LogP contribution in [-0.4, -0.2) is 21.9 Å². The Morgan fingerprint density at radius 2 is 2.00 bits per heavy atom. The van der Waals surface area contributed by atoms with Gasteiger partial charge in [-0.25, -0.2) is 9.97 Å². The maximum absolute atomic E-state index is 12.4. The Morgan fingerprint density at radius 1 is 1.15 bits per heavy atom. The fourth-order valence-electron chi connectivity index (χ4n) is 3.24. The van der Waals surface area contributed by atoms with Crippen LogP contribution in [-0.2, 0) is 6.42 Å². The molecule has 0 saturated carbocycles. The molecule has 4 rings (SSSR count). The first kappa shape index (κ1) is 16.5. The van der Waals surface area contributed by atoms with Gasteiger partial charge in [-0.3, -0.25) is 4.79 Å². The molecule has 2 heterocycles. The molecule has 1 unspecified atom stereocenters. The minimum atomic E-state index is -0.318. The summed E-state index contributed by atoms with van der Waals surface area (Å²) in [7, 11) is 0. The van der Waals surface area contributed by atoms with Gasteiger partial charge in [-0.15, -0.1) is 0 Å². The third-order valence-corrected chi connectivity index (χ3v) is 4.64. The lowest BCUT2D eigenvalue weighted by molar-refractivity contribution is 0.102. The van der Waals surface area contributed by atoms with Crippen molar-refractivity contribution in [3.63, 3.8) is 0 Å². The predicted octanol–water partition coefficient (Wildman–Crippen LogP) is 4.47. The number of anilines is 3. The van der Waals surface area contributed by atoms with E-state index in [0.717, 1.165) is 17.9 Å². The summed E-state index contributed by atoms with van der Waals surface area (Å²) in [5.74, 6) is 0.419. The van der Waals surface area contributed by atoms with E-state index < -0.39 is 0 Å². The van der Waals surface area contributed by atoms with Gasteiger partial charge in [-0.1, -0.05) is 35.9 Å². The van der Waals surface area contributed by atoms with Gasteiger partial charge in [0, 0.05) is 22.4 Å². The average Bonchev–Trinajstić information content (AvgIpc) is 2.97. The Bertz CT molecular complexity index is 958. The Balaban J connectivity index is 1.55. The normalized spacial score (nSPS) is 15.6. The van der Waals surface area contributed by atoms with Crippen molar-refractivity contribution in [2.75, 3.05) is 10.2 Å². The number of hydrogen-bond donors (Lipinski definition) is 1. The number of hydrogen-bond acceptors (Lipinski definition) is 4. The second kappa shape index (κ2) is 6.77. The van der Waals surface area contributed by atoms with Crippen molar-refractivity contribution >= 4 is 34.7 Å². The number of carbonyl (C=O) groups is 1.